The van der Waals surface area contributed by atoms with Crippen molar-refractivity contribution in [2.75, 3.05) is 24.6 Å². The Morgan fingerprint density at radius 1 is 1.09 bits per heavy atom. The summed E-state index contributed by atoms with van der Waals surface area (Å²) in [6, 6.07) is 13.1. The number of fused-ring (bicyclic) bond motifs is 2. The van der Waals surface area contributed by atoms with Crippen molar-refractivity contribution < 1.29 is 4.74 Å². The summed E-state index contributed by atoms with van der Waals surface area (Å²) in [5.41, 5.74) is 4.28. The highest BCUT2D eigenvalue weighted by Crippen LogP contribution is 2.63. The highest BCUT2D eigenvalue weighted by Gasteiger charge is 2.66. The predicted octanol–water partition coefficient (Wildman–Crippen LogP) is 3.67. The minimum Gasteiger partial charge on any atom is -0.369 e. The summed E-state index contributed by atoms with van der Waals surface area (Å²) >= 11 is 0. The zero-order valence-corrected chi connectivity index (χ0v) is 20.8. The minimum atomic E-state index is -0.504. The molecule has 1 saturated carbocycles. The van der Waals surface area contributed by atoms with Gasteiger partial charge < -0.3 is 9.64 Å². The number of pyridine rings is 1. The van der Waals surface area contributed by atoms with Crippen molar-refractivity contribution in [3.63, 3.8) is 0 Å². The van der Waals surface area contributed by atoms with Crippen LogP contribution < -0.4 is 4.90 Å². The van der Waals surface area contributed by atoms with Gasteiger partial charge in [-0.1, -0.05) is 37.3 Å². The number of nitrogens with zero attached hydrogens (tertiary/aromatic N) is 7. The molecule has 3 saturated heterocycles. The van der Waals surface area contributed by atoms with E-state index in [4.69, 9.17) is 19.8 Å². The molecular formula is C27H31N7O. The lowest BCUT2D eigenvalue weighted by Gasteiger charge is -2.41. The Morgan fingerprint density at radius 2 is 1.91 bits per heavy atom. The molecule has 0 radical (unpaired) electrons. The van der Waals surface area contributed by atoms with E-state index in [1.165, 1.54) is 11.3 Å². The second-order valence-corrected chi connectivity index (χ2v) is 11.0. The SMILES string of the molecule is Cc1nc(C2C3COC2(c2nc4c(C)cc(N5CC[C@](C)(c6ccccc6)C5)cn4n2)C3)n(C)n1. The average Bonchev–Trinajstić information content (AvgIpc) is 3.63. The predicted molar refractivity (Wildman–Crippen MR) is 133 cm³/mol. The maximum absolute atomic E-state index is 6.38. The fourth-order valence-electron chi connectivity index (χ4n) is 6.67. The molecule has 4 aromatic rings. The van der Waals surface area contributed by atoms with Gasteiger partial charge in [-0.3, -0.25) is 4.68 Å². The zero-order valence-electron chi connectivity index (χ0n) is 20.8. The summed E-state index contributed by atoms with van der Waals surface area (Å²) in [5, 5.41) is 9.48. The standard InChI is InChI=1S/C27H31N7O/c1-17-12-21(33-11-10-26(3,16-33)20-8-6-5-7-9-20)14-34-23(17)29-25(31-34)27-13-19(15-35-27)22(27)24-28-18(2)30-32(24)4/h5-9,12,14,19,22H,10-11,13,15-16H2,1-4H3/t19?,22?,26-,27?/m0/s1. The average molecular weight is 470 g/mol. The van der Waals surface area contributed by atoms with Crippen molar-refractivity contribution in [1.29, 1.82) is 0 Å². The van der Waals surface area contributed by atoms with E-state index in [0.29, 0.717) is 5.92 Å². The fourth-order valence-corrected chi connectivity index (χ4v) is 6.67. The van der Waals surface area contributed by atoms with Gasteiger partial charge in [-0.15, -0.1) is 5.10 Å². The maximum atomic E-state index is 6.38. The molecule has 8 rings (SSSR count). The van der Waals surface area contributed by atoms with Crippen LogP contribution in [0.4, 0.5) is 5.69 Å². The monoisotopic (exact) mass is 469 g/mol. The van der Waals surface area contributed by atoms with Crippen LogP contribution in [0.5, 0.6) is 0 Å². The molecule has 35 heavy (non-hydrogen) atoms. The molecule has 4 aliphatic rings. The molecule has 6 heterocycles. The second-order valence-electron chi connectivity index (χ2n) is 11.0. The number of ether oxygens (including phenoxy) is 1. The number of rotatable bonds is 4. The molecule has 3 unspecified atom stereocenters. The molecule has 0 N–H and O–H groups in total. The van der Waals surface area contributed by atoms with Gasteiger partial charge in [0.15, 0.2) is 11.5 Å². The number of aromatic nitrogens is 6. The molecule has 1 aliphatic carbocycles. The highest BCUT2D eigenvalue weighted by molar-refractivity contribution is 5.58. The van der Waals surface area contributed by atoms with E-state index in [1.54, 1.807) is 0 Å². The van der Waals surface area contributed by atoms with Gasteiger partial charge in [0.1, 0.15) is 17.2 Å². The fraction of sp³-hybridized carbons (Fsp3) is 0.481. The third kappa shape index (κ3) is 2.95. The van der Waals surface area contributed by atoms with Crippen LogP contribution in [0.15, 0.2) is 42.6 Å². The second kappa shape index (κ2) is 7.13. The molecule has 8 heteroatoms. The molecule has 8 nitrogen and oxygen atoms in total. The van der Waals surface area contributed by atoms with Crippen LogP contribution in [0.25, 0.3) is 5.65 Å². The van der Waals surface area contributed by atoms with Crippen molar-refractivity contribution in [3.05, 3.63) is 71.2 Å². The van der Waals surface area contributed by atoms with Crippen molar-refractivity contribution in [3.8, 4) is 0 Å². The molecule has 180 valence electrons. The summed E-state index contributed by atoms with van der Waals surface area (Å²) < 4.78 is 10.2. The van der Waals surface area contributed by atoms with Crippen LogP contribution in [-0.2, 0) is 22.8 Å². The smallest absolute Gasteiger partial charge is 0.184 e. The lowest BCUT2D eigenvalue weighted by Crippen LogP contribution is -2.45. The molecule has 0 spiro atoms. The Bertz CT molecular complexity index is 1440. The van der Waals surface area contributed by atoms with E-state index in [9.17, 15) is 0 Å². The Balaban J connectivity index is 1.23. The largest absolute Gasteiger partial charge is 0.369 e. The number of aryl methyl sites for hydroxylation is 3. The van der Waals surface area contributed by atoms with Crippen LogP contribution >= 0.6 is 0 Å². The van der Waals surface area contributed by atoms with Crippen LogP contribution in [0.1, 0.15) is 54.3 Å². The molecule has 4 atom stereocenters. The Morgan fingerprint density at radius 3 is 2.66 bits per heavy atom. The van der Waals surface area contributed by atoms with Gasteiger partial charge in [0.2, 0.25) is 0 Å². The first-order valence-electron chi connectivity index (χ1n) is 12.6. The molecule has 3 aliphatic heterocycles. The van der Waals surface area contributed by atoms with Gasteiger partial charge in [0.25, 0.3) is 0 Å². The van der Waals surface area contributed by atoms with E-state index in [1.807, 2.05) is 23.2 Å². The normalized spacial score (nSPS) is 29.8. The first-order chi connectivity index (χ1) is 16.9. The summed E-state index contributed by atoms with van der Waals surface area (Å²) in [6.07, 6.45) is 4.21. The molecule has 1 aromatic carbocycles. The minimum absolute atomic E-state index is 0.149. The van der Waals surface area contributed by atoms with E-state index in [0.717, 1.165) is 61.2 Å². The van der Waals surface area contributed by atoms with Crippen molar-refractivity contribution in [2.45, 2.75) is 50.5 Å². The number of hydrogen-bond donors (Lipinski definition) is 0. The van der Waals surface area contributed by atoms with Gasteiger partial charge in [-0.2, -0.15) is 5.10 Å². The quantitative estimate of drug-likeness (QED) is 0.454. The van der Waals surface area contributed by atoms with Crippen LogP contribution in [0.2, 0.25) is 0 Å². The highest BCUT2D eigenvalue weighted by atomic mass is 16.5. The lowest BCUT2D eigenvalue weighted by atomic mass is 9.63. The maximum Gasteiger partial charge on any atom is 0.184 e. The van der Waals surface area contributed by atoms with E-state index >= 15 is 0 Å². The summed E-state index contributed by atoms with van der Waals surface area (Å²) in [7, 11) is 1.97. The number of anilines is 1. The Hall–Kier alpha value is -3.26. The van der Waals surface area contributed by atoms with Gasteiger partial charge in [0, 0.05) is 25.6 Å². The van der Waals surface area contributed by atoms with E-state index in [2.05, 4.69) is 66.4 Å². The number of hydrogen-bond acceptors (Lipinski definition) is 6. The molecule has 3 aromatic heterocycles. The summed E-state index contributed by atoms with van der Waals surface area (Å²) in [4.78, 5) is 12.2. The van der Waals surface area contributed by atoms with E-state index in [-0.39, 0.29) is 11.3 Å². The third-order valence-electron chi connectivity index (χ3n) is 8.57. The zero-order chi connectivity index (χ0) is 23.9. The first kappa shape index (κ1) is 21.1. The lowest BCUT2D eigenvalue weighted by molar-refractivity contribution is -0.0356. The van der Waals surface area contributed by atoms with Crippen LogP contribution in [-0.4, -0.2) is 49.1 Å². The van der Waals surface area contributed by atoms with Crippen LogP contribution in [0.3, 0.4) is 0 Å². The summed E-state index contributed by atoms with van der Waals surface area (Å²) in [6.45, 7) is 9.18. The van der Waals surface area contributed by atoms with Gasteiger partial charge in [-0.05, 0) is 49.8 Å². The molecule has 4 fully saturated rings. The first-order valence-corrected chi connectivity index (χ1v) is 12.6. The van der Waals surface area contributed by atoms with Crippen molar-refractivity contribution in [1.82, 2.24) is 29.4 Å². The van der Waals surface area contributed by atoms with Gasteiger partial charge in [-0.25, -0.2) is 14.5 Å². The Labute approximate surface area is 204 Å². The number of benzene rings is 1. The van der Waals surface area contributed by atoms with E-state index < -0.39 is 5.60 Å². The summed E-state index contributed by atoms with van der Waals surface area (Å²) in [5.74, 6) is 3.13. The van der Waals surface area contributed by atoms with Crippen molar-refractivity contribution in [2.24, 2.45) is 13.0 Å². The van der Waals surface area contributed by atoms with Gasteiger partial charge >= 0.3 is 0 Å². The molecule has 0 amide bonds. The van der Waals surface area contributed by atoms with Crippen molar-refractivity contribution >= 4 is 11.3 Å². The Kier molecular flexibility index (Phi) is 4.29. The third-order valence-corrected chi connectivity index (χ3v) is 8.57. The topological polar surface area (TPSA) is 73.4 Å². The molecule has 2 bridgehead atoms. The van der Waals surface area contributed by atoms with Crippen LogP contribution in [0, 0.1) is 19.8 Å². The van der Waals surface area contributed by atoms with Gasteiger partial charge in [0.05, 0.1) is 24.4 Å². The molecular weight excluding hydrogens is 438 g/mol.